The van der Waals surface area contributed by atoms with Gasteiger partial charge in [0.05, 0.1) is 30.9 Å². The minimum absolute atomic E-state index is 0.00360. The average Bonchev–Trinajstić information content (AvgIpc) is 3.11. The smallest absolute Gasteiger partial charge is 0.350 e. The van der Waals surface area contributed by atoms with Gasteiger partial charge in [-0.25, -0.2) is 14.2 Å². The number of aryl methyl sites for hydroxylation is 1. The van der Waals surface area contributed by atoms with E-state index in [1.807, 2.05) is 34.9 Å². The molecule has 1 aromatic carbocycles. The highest BCUT2D eigenvalue weighted by Crippen LogP contribution is 2.24. The third kappa shape index (κ3) is 7.00. The summed E-state index contributed by atoms with van der Waals surface area (Å²) in [6.07, 6.45) is 0. The number of aromatic nitrogens is 1. The van der Waals surface area contributed by atoms with E-state index < -0.39 is 0 Å². The zero-order valence-electron chi connectivity index (χ0n) is 19.0. The molecule has 31 heavy (non-hydrogen) atoms. The number of esters is 1. The number of benzene rings is 1. The molecular formula is C22H32FN5O2S. The fourth-order valence-corrected chi connectivity index (χ4v) is 3.97. The summed E-state index contributed by atoms with van der Waals surface area (Å²) in [5.41, 5.74) is 1.66. The van der Waals surface area contributed by atoms with Crippen molar-refractivity contribution in [3.8, 4) is 0 Å². The number of ether oxygens (including phenoxy) is 1. The van der Waals surface area contributed by atoms with E-state index in [0.717, 1.165) is 10.6 Å². The van der Waals surface area contributed by atoms with Gasteiger partial charge < -0.3 is 20.3 Å². The molecule has 2 unspecified atom stereocenters. The molecule has 170 valence electrons. The van der Waals surface area contributed by atoms with Gasteiger partial charge in [-0.15, -0.1) is 11.3 Å². The molecule has 7 nitrogen and oxygen atoms in total. The van der Waals surface area contributed by atoms with Crippen molar-refractivity contribution in [1.82, 2.24) is 20.5 Å². The number of guanidine groups is 1. The Kier molecular flexibility index (Phi) is 9.39. The average molecular weight is 450 g/mol. The van der Waals surface area contributed by atoms with Crippen LogP contribution in [0.4, 0.5) is 4.39 Å². The molecule has 9 heteroatoms. The minimum atomic E-state index is -0.343. The number of nitrogens with one attached hydrogen (secondary N) is 2. The van der Waals surface area contributed by atoms with Crippen LogP contribution in [-0.2, 0) is 4.74 Å². The maximum absolute atomic E-state index is 13.3. The highest BCUT2D eigenvalue weighted by Gasteiger charge is 2.20. The number of carbonyl (C=O) groups is 1. The van der Waals surface area contributed by atoms with Gasteiger partial charge in [0.1, 0.15) is 15.7 Å². The predicted octanol–water partition coefficient (Wildman–Crippen LogP) is 3.69. The second kappa shape index (κ2) is 11.8. The molecule has 2 aromatic rings. The first kappa shape index (κ1) is 24.7. The maximum atomic E-state index is 13.3. The first-order chi connectivity index (χ1) is 14.8. The summed E-state index contributed by atoms with van der Waals surface area (Å²) in [5.74, 6) is 0.0497. The van der Waals surface area contributed by atoms with Crippen molar-refractivity contribution in [2.24, 2.45) is 4.99 Å². The number of carbonyl (C=O) groups excluding carboxylic acids is 1. The minimum Gasteiger partial charge on any atom is -0.462 e. The van der Waals surface area contributed by atoms with E-state index in [2.05, 4.69) is 20.5 Å². The molecule has 1 aromatic heterocycles. The normalized spacial score (nSPS) is 13.7. The lowest BCUT2D eigenvalue weighted by Crippen LogP contribution is -2.39. The second-order valence-corrected chi connectivity index (χ2v) is 8.33. The highest BCUT2D eigenvalue weighted by molar-refractivity contribution is 7.13. The lowest BCUT2D eigenvalue weighted by Gasteiger charge is -2.24. The number of nitrogens with zero attached hydrogens (tertiary/aromatic N) is 3. The van der Waals surface area contributed by atoms with Crippen molar-refractivity contribution in [3.63, 3.8) is 0 Å². The Bertz CT molecular complexity index is 883. The van der Waals surface area contributed by atoms with E-state index in [1.165, 1.54) is 23.5 Å². The summed E-state index contributed by atoms with van der Waals surface area (Å²) in [7, 11) is 3.95. The molecule has 0 bridgehead atoms. The van der Waals surface area contributed by atoms with Crippen LogP contribution in [0.1, 0.15) is 58.8 Å². The maximum Gasteiger partial charge on any atom is 0.350 e. The number of rotatable bonds is 9. The summed E-state index contributed by atoms with van der Waals surface area (Å²) < 4.78 is 18.4. The van der Waals surface area contributed by atoms with Crippen LogP contribution in [0.25, 0.3) is 0 Å². The molecule has 2 rings (SSSR count). The van der Waals surface area contributed by atoms with Gasteiger partial charge in [-0.05, 0) is 59.5 Å². The van der Waals surface area contributed by atoms with Gasteiger partial charge in [0.15, 0.2) is 5.96 Å². The van der Waals surface area contributed by atoms with Crippen molar-refractivity contribution in [2.45, 2.75) is 39.8 Å². The summed E-state index contributed by atoms with van der Waals surface area (Å²) in [4.78, 5) is 23.9. The number of hydrogen-bond acceptors (Lipinski definition) is 6. The number of thiazole rings is 1. The fourth-order valence-electron chi connectivity index (χ4n) is 3.00. The summed E-state index contributed by atoms with van der Waals surface area (Å²) >= 11 is 1.33. The van der Waals surface area contributed by atoms with Crippen LogP contribution in [0.5, 0.6) is 0 Å². The third-order valence-corrected chi connectivity index (χ3v) is 5.96. The van der Waals surface area contributed by atoms with Crippen LogP contribution in [-0.4, -0.2) is 55.6 Å². The van der Waals surface area contributed by atoms with Gasteiger partial charge >= 0.3 is 5.97 Å². The highest BCUT2D eigenvalue weighted by atomic mass is 32.1. The lowest BCUT2D eigenvalue weighted by molar-refractivity contribution is 0.0531. The Morgan fingerprint density at radius 1 is 1.29 bits per heavy atom. The zero-order chi connectivity index (χ0) is 23.0. The van der Waals surface area contributed by atoms with E-state index in [9.17, 15) is 9.18 Å². The van der Waals surface area contributed by atoms with E-state index in [0.29, 0.717) is 36.2 Å². The Morgan fingerprint density at radius 2 is 1.97 bits per heavy atom. The van der Waals surface area contributed by atoms with E-state index >= 15 is 0 Å². The zero-order valence-corrected chi connectivity index (χ0v) is 19.8. The third-order valence-electron chi connectivity index (χ3n) is 4.64. The molecule has 0 fully saturated rings. The van der Waals surface area contributed by atoms with Gasteiger partial charge in [-0.1, -0.05) is 12.1 Å². The summed E-state index contributed by atoms with van der Waals surface area (Å²) in [6, 6.07) is 6.36. The Hall–Kier alpha value is -2.52. The standard InChI is InChI=1S/C22H32FN5O2S/c1-7-24-22(25-13-18(28(5)6)16-9-11-17(23)12-10-16)27-15(4)20-26-14(3)19(31-20)21(29)30-8-2/h9-12,15,18H,7-8,13H2,1-6H3,(H2,24,25,27). The van der Waals surface area contributed by atoms with Crippen molar-refractivity contribution in [1.29, 1.82) is 0 Å². The van der Waals surface area contributed by atoms with Gasteiger partial charge in [-0.2, -0.15) is 0 Å². The Labute approximate surface area is 187 Å². The van der Waals surface area contributed by atoms with Crippen LogP contribution in [0.15, 0.2) is 29.3 Å². The molecule has 2 atom stereocenters. The van der Waals surface area contributed by atoms with Crippen molar-refractivity contribution in [2.75, 3.05) is 33.8 Å². The number of aliphatic imine (C=N–C) groups is 1. The lowest BCUT2D eigenvalue weighted by atomic mass is 10.1. The molecule has 0 aliphatic heterocycles. The van der Waals surface area contributed by atoms with Crippen molar-refractivity contribution in [3.05, 3.63) is 51.2 Å². The quantitative estimate of drug-likeness (QED) is 0.345. The second-order valence-electron chi connectivity index (χ2n) is 7.30. The van der Waals surface area contributed by atoms with Crippen LogP contribution >= 0.6 is 11.3 Å². The molecule has 0 spiro atoms. The summed E-state index contributed by atoms with van der Waals surface area (Å²) in [5, 5.41) is 7.39. The van der Waals surface area contributed by atoms with E-state index in [1.54, 1.807) is 19.1 Å². The summed E-state index contributed by atoms with van der Waals surface area (Å²) in [6.45, 7) is 9.09. The molecule has 2 N–H and O–H groups in total. The molecule has 0 radical (unpaired) electrons. The first-order valence-electron chi connectivity index (χ1n) is 10.4. The van der Waals surface area contributed by atoms with Crippen LogP contribution in [0, 0.1) is 12.7 Å². The molecule has 0 amide bonds. The molecule has 0 saturated heterocycles. The van der Waals surface area contributed by atoms with Crippen molar-refractivity contribution >= 4 is 23.3 Å². The van der Waals surface area contributed by atoms with E-state index in [4.69, 9.17) is 9.73 Å². The van der Waals surface area contributed by atoms with Crippen molar-refractivity contribution < 1.29 is 13.9 Å². The fraction of sp³-hybridized carbons (Fsp3) is 0.500. The van der Waals surface area contributed by atoms with Crippen LogP contribution < -0.4 is 10.6 Å². The SMILES string of the molecule is CCNC(=NCC(c1ccc(F)cc1)N(C)C)NC(C)c1nc(C)c(C(=O)OCC)s1. The van der Waals surface area contributed by atoms with Gasteiger partial charge in [0.25, 0.3) is 0 Å². The topological polar surface area (TPSA) is 78.9 Å². The van der Waals surface area contributed by atoms with Crippen LogP contribution in [0.3, 0.4) is 0 Å². The van der Waals surface area contributed by atoms with Crippen LogP contribution in [0.2, 0.25) is 0 Å². The Morgan fingerprint density at radius 3 is 2.55 bits per heavy atom. The number of hydrogen-bond donors (Lipinski definition) is 2. The van der Waals surface area contributed by atoms with Gasteiger partial charge in [0.2, 0.25) is 0 Å². The predicted molar refractivity (Wildman–Crippen MR) is 123 cm³/mol. The number of likely N-dealkylation sites (N-methyl/N-ethyl adjacent to an activating group) is 1. The largest absolute Gasteiger partial charge is 0.462 e. The van der Waals surface area contributed by atoms with Gasteiger partial charge in [-0.3, -0.25) is 4.99 Å². The first-order valence-corrected chi connectivity index (χ1v) is 11.2. The van der Waals surface area contributed by atoms with Gasteiger partial charge in [0, 0.05) is 6.54 Å². The molecular weight excluding hydrogens is 417 g/mol. The molecule has 0 saturated carbocycles. The molecule has 1 heterocycles. The number of halogens is 1. The van der Waals surface area contributed by atoms with E-state index in [-0.39, 0.29) is 23.9 Å². The Balaban J connectivity index is 2.15. The molecule has 0 aliphatic rings. The molecule has 0 aliphatic carbocycles. The monoisotopic (exact) mass is 449 g/mol.